The third kappa shape index (κ3) is 2.64. The Bertz CT molecular complexity index is 573. The van der Waals surface area contributed by atoms with Gasteiger partial charge in [-0.1, -0.05) is 23.4 Å². The molecule has 2 heterocycles. The molecule has 1 saturated heterocycles. The molecule has 0 aliphatic carbocycles. The molecule has 1 fully saturated rings. The summed E-state index contributed by atoms with van der Waals surface area (Å²) < 4.78 is 18.7. The van der Waals surface area contributed by atoms with Crippen LogP contribution in [0.1, 0.15) is 29.7 Å². The van der Waals surface area contributed by atoms with Crippen molar-refractivity contribution in [3.8, 4) is 0 Å². The van der Waals surface area contributed by atoms with Gasteiger partial charge in [0, 0.05) is 13.0 Å². The van der Waals surface area contributed by atoms with Gasteiger partial charge in [0.15, 0.2) is 5.82 Å². The predicted octanol–water partition coefficient (Wildman–Crippen LogP) is 1.19. The van der Waals surface area contributed by atoms with Gasteiger partial charge in [-0.3, -0.25) is 0 Å². The molecule has 0 bridgehead atoms. The topological polar surface area (TPSA) is 71.2 Å². The van der Waals surface area contributed by atoms with Crippen molar-refractivity contribution in [1.82, 2.24) is 15.5 Å². The van der Waals surface area contributed by atoms with Gasteiger partial charge in [-0.15, -0.1) is 0 Å². The predicted molar refractivity (Wildman–Crippen MR) is 64.9 cm³/mol. The number of β-amino-alcohol motifs (C(OH)–C–C–N with tert-alkyl or cyclic N) is 1. The van der Waals surface area contributed by atoms with Crippen molar-refractivity contribution in [3.63, 3.8) is 0 Å². The number of aliphatic hydroxyl groups excluding tert-OH is 1. The van der Waals surface area contributed by atoms with Crippen molar-refractivity contribution in [3.05, 3.63) is 47.4 Å². The molecule has 19 heavy (non-hydrogen) atoms. The molecule has 5 nitrogen and oxygen atoms in total. The summed E-state index contributed by atoms with van der Waals surface area (Å²) in [5.41, 5.74) is 0.536. The van der Waals surface area contributed by atoms with Crippen LogP contribution < -0.4 is 5.32 Å². The lowest BCUT2D eigenvalue weighted by atomic mass is 10.1. The number of hydrogen-bond donors (Lipinski definition) is 2. The van der Waals surface area contributed by atoms with Crippen molar-refractivity contribution < 1.29 is 14.0 Å². The molecule has 3 rings (SSSR count). The van der Waals surface area contributed by atoms with Crippen LogP contribution in [0.5, 0.6) is 0 Å². The molecule has 1 aliphatic heterocycles. The maximum absolute atomic E-state index is 13.5. The smallest absolute Gasteiger partial charge is 0.243 e. The van der Waals surface area contributed by atoms with Gasteiger partial charge in [-0.25, -0.2) is 4.39 Å². The number of aromatic nitrogens is 2. The van der Waals surface area contributed by atoms with Gasteiger partial charge >= 0.3 is 0 Å². The van der Waals surface area contributed by atoms with Crippen LogP contribution in [0.25, 0.3) is 0 Å². The SMILES string of the molecule is OC1CN[C@H](c2nc(Cc3ccccc3F)no2)C1. The molecule has 100 valence electrons. The highest BCUT2D eigenvalue weighted by molar-refractivity contribution is 5.20. The van der Waals surface area contributed by atoms with E-state index in [0.717, 1.165) is 0 Å². The highest BCUT2D eigenvalue weighted by Gasteiger charge is 2.28. The molecule has 1 aliphatic rings. The molecule has 2 atom stereocenters. The normalized spacial score (nSPS) is 22.8. The largest absolute Gasteiger partial charge is 0.392 e. The van der Waals surface area contributed by atoms with E-state index < -0.39 is 0 Å². The van der Waals surface area contributed by atoms with Gasteiger partial charge in [-0.05, 0) is 18.1 Å². The van der Waals surface area contributed by atoms with Crippen molar-refractivity contribution >= 4 is 0 Å². The summed E-state index contributed by atoms with van der Waals surface area (Å²) in [7, 11) is 0. The lowest BCUT2D eigenvalue weighted by molar-refractivity contribution is 0.191. The van der Waals surface area contributed by atoms with Gasteiger partial charge in [0.2, 0.25) is 5.89 Å². The molecule has 0 spiro atoms. The first kappa shape index (κ1) is 12.3. The molecule has 2 aromatic rings. The Hall–Kier alpha value is -1.79. The average molecular weight is 263 g/mol. The lowest BCUT2D eigenvalue weighted by Crippen LogP contribution is -2.15. The minimum Gasteiger partial charge on any atom is -0.392 e. The molecule has 1 unspecified atom stereocenters. The van der Waals surface area contributed by atoms with Crippen molar-refractivity contribution in [2.75, 3.05) is 6.54 Å². The fraction of sp³-hybridized carbons (Fsp3) is 0.385. The third-order valence-corrected chi connectivity index (χ3v) is 3.20. The number of aliphatic hydroxyl groups is 1. The maximum Gasteiger partial charge on any atom is 0.243 e. The first-order valence-electron chi connectivity index (χ1n) is 6.19. The molecule has 6 heteroatoms. The minimum absolute atomic E-state index is 0.114. The molecule has 0 amide bonds. The summed E-state index contributed by atoms with van der Waals surface area (Å²) in [5.74, 6) is 0.620. The maximum atomic E-state index is 13.5. The molecule has 1 aromatic carbocycles. The fourth-order valence-electron chi connectivity index (χ4n) is 2.20. The number of hydrogen-bond acceptors (Lipinski definition) is 5. The van der Waals surface area contributed by atoms with E-state index in [4.69, 9.17) is 4.52 Å². The highest BCUT2D eigenvalue weighted by atomic mass is 19.1. The number of nitrogens with one attached hydrogen (secondary N) is 1. The first-order chi connectivity index (χ1) is 9.22. The van der Waals surface area contributed by atoms with Gasteiger partial charge in [-0.2, -0.15) is 4.98 Å². The van der Waals surface area contributed by atoms with E-state index in [9.17, 15) is 9.50 Å². The van der Waals surface area contributed by atoms with E-state index in [0.29, 0.717) is 36.7 Å². The zero-order valence-corrected chi connectivity index (χ0v) is 10.2. The second kappa shape index (κ2) is 5.07. The zero-order valence-electron chi connectivity index (χ0n) is 10.2. The van der Waals surface area contributed by atoms with Crippen LogP contribution in [0, 0.1) is 5.82 Å². The lowest BCUT2D eigenvalue weighted by Gasteiger charge is -2.01. The molecule has 0 radical (unpaired) electrons. The Kier molecular flexibility index (Phi) is 3.27. The fourth-order valence-corrected chi connectivity index (χ4v) is 2.20. The van der Waals surface area contributed by atoms with Crippen molar-refractivity contribution in [2.45, 2.75) is 25.0 Å². The molecule has 2 N–H and O–H groups in total. The van der Waals surface area contributed by atoms with Crippen LogP contribution >= 0.6 is 0 Å². The van der Waals surface area contributed by atoms with Crippen molar-refractivity contribution in [2.24, 2.45) is 0 Å². The van der Waals surface area contributed by atoms with E-state index >= 15 is 0 Å². The minimum atomic E-state index is -0.382. The van der Waals surface area contributed by atoms with E-state index in [-0.39, 0.29) is 18.0 Å². The summed E-state index contributed by atoms with van der Waals surface area (Å²) in [6.45, 7) is 0.524. The molecular formula is C13H14FN3O2. The Morgan fingerprint density at radius 1 is 1.42 bits per heavy atom. The van der Waals surface area contributed by atoms with E-state index in [1.54, 1.807) is 18.2 Å². The quantitative estimate of drug-likeness (QED) is 0.870. The highest BCUT2D eigenvalue weighted by Crippen LogP contribution is 2.22. The monoisotopic (exact) mass is 263 g/mol. The van der Waals surface area contributed by atoms with Gasteiger partial charge in [0.05, 0.1) is 12.1 Å². The summed E-state index contributed by atoms with van der Waals surface area (Å²) in [6.07, 6.45) is 0.471. The first-order valence-corrected chi connectivity index (χ1v) is 6.19. The second-order valence-electron chi connectivity index (χ2n) is 4.67. The summed E-state index contributed by atoms with van der Waals surface area (Å²) in [5, 5.41) is 16.4. The Morgan fingerprint density at radius 3 is 3.00 bits per heavy atom. The molecular weight excluding hydrogens is 249 g/mol. The van der Waals surface area contributed by atoms with Crippen LogP contribution in [-0.4, -0.2) is 27.9 Å². The number of nitrogens with zero attached hydrogens (tertiary/aromatic N) is 2. The molecule has 0 saturated carbocycles. The van der Waals surface area contributed by atoms with Crippen LogP contribution in [-0.2, 0) is 6.42 Å². The Labute approximate surface area is 109 Å². The summed E-state index contributed by atoms with van der Waals surface area (Å²) >= 11 is 0. The van der Waals surface area contributed by atoms with Crippen LogP contribution in [0.15, 0.2) is 28.8 Å². The number of rotatable bonds is 3. The number of benzene rings is 1. The Morgan fingerprint density at radius 2 is 2.26 bits per heavy atom. The van der Waals surface area contributed by atoms with Crippen LogP contribution in [0.4, 0.5) is 4.39 Å². The van der Waals surface area contributed by atoms with Gasteiger partial charge in [0.1, 0.15) is 5.82 Å². The summed E-state index contributed by atoms with van der Waals surface area (Å²) in [6, 6.07) is 6.41. The zero-order chi connectivity index (χ0) is 13.2. The number of halogens is 1. The van der Waals surface area contributed by atoms with Gasteiger partial charge < -0.3 is 14.9 Å². The van der Waals surface area contributed by atoms with E-state index in [2.05, 4.69) is 15.5 Å². The second-order valence-corrected chi connectivity index (χ2v) is 4.67. The standard InChI is InChI=1S/C13H14FN3O2/c14-10-4-2-1-3-8(10)5-12-16-13(19-17-12)11-6-9(18)7-15-11/h1-4,9,11,15,18H,5-7H2/t9?,11-/m0/s1. The summed E-state index contributed by atoms with van der Waals surface area (Å²) in [4.78, 5) is 4.25. The van der Waals surface area contributed by atoms with Crippen LogP contribution in [0.3, 0.4) is 0 Å². The van der Waals surface area contributed by atoms with Crippen molar-refractivity contribution in [1.29, 1.82) is 0 Å². The van der Waals surface area contributed by atoms with Gasteiger partial charge in [0.25, 0.3) is 0 Å². The average Bonchev–Trinajstić information content (AvgIpc) is 3.01. The molecule has 1 aromatic heterocycles. The third-order valence-electron chi connectivity index (χ3n) is 3.20. The van der Waals surface area contributed by atoms with E-state index in [1.165, 1.54) is 6.07 Å². The Balaban J connectivity index is 1.73. The van der Waals surface area contributed by atoms with Crippen LogP contribution in [0.2, 0.25) is 0 Å². The van der Waals surface area contributed by atoms with E-state index in [1.807, 2.05) is 0 Å².